The molecule has 2 aromatic carbocycles. The van der Waals surface area contributed by atoms with Crippen LogP contribution >= 0.6 is 0 Å². The molecule has 4 aromatic rings. The van der Waals surface area contributed by atoms with Crippen molar-refractivity contribution in [2.24, 2.45) is 0 Å². The SMILES string of the molecule is CCCn1cc(S(=O)(=O)N(C)C2(C)CCN(c3cc4cnn(-c5ccc(F)cc5)c4cc3C)C2)cn1. The molecule has 0 N–H and O–H groups in total. The summed E-state index contributed by atoms with van der Waals surface area (Å²) in [6.45, 7) is 8.08. The van der Waals surface area contributed by atoms with Crippen LogP contribution in [0.2, 0.25) is 0 Å². The zero-order valence-corrected chi connectivity index (χ0v) is 21.8. The molecule has 0 radical (unpaired) electrons. The second-order valence-corrected chi connectivity index (χ2v) is 11.8. The molecule has 0 amide bonds. The Labute approximate surface area is 211 Å². The van der Waals surface area contributed by atoms with E-state index in [1.54, 1.807) is 40.9 Å². The van der Waals surface area contributed by atoms with Crippen LogP contribution in [-0.4, -0.2) is 58.0 Å². The van der Waals surface area contributed by atoms with Crippen molar-refractivity contribution < 1.29 is 12.8 Å². The van der Waals surface area contributed by atoms with Gasteiger partial charge in [0.25, 0.3) is 0 Å². The van der Waals surface area contributed by atoms with Crippen molar-refractivity contribution in [3.63, 3.8) is 0 Å². The number of anilines is 1. The molecule has 1 saturated heterocycles. The second-order valence-electron chi connectivity index (χ2n) is 9.81. The highest BCUT2D eigenvalue weighted by Crippen LogP contribution is 2.36. The first-order valence-corrected chi connectivity index (χ1v) is 13.6. The summed E-state index contributed by atoms with van der Waals surface area (Å²) in [5, 5.41) is 9.70. The number of hydrogen-bond acceptors (Lipinski definition) is 5. The Morgan fingerprint density at radius 1 is 1.14 bits per heavy atom. The largest absolute Gasteiger partial charge is 0.369 e. The molecule has 1 aliphatic rings. The van der Waals surface area contributed by atoms with Crippen molar-refractivity contribution in [1.82, 2.24) is 23.9 Å². The fourth-order valence-corrected chi connectivity index (χ4v) is 6.46. The van der Waals surface area contributed by atoms with E-state index in [0.717, 1.165) is 40.8 Å². The number of aromatic nitrogens is 4. The lowest BCUT2D eigenvalue weighted by molar-refractivity contribution is 0.267. The Morgan fingerprint density at radius 2 is 1.89 bits per heavy atom. The lowest BCUT2D eigenvalue weighted by atomic mass is 10.0. The van der Waals surface area contributed by atoms with Gasteiger partial charge >= 0.3 is 0 Å². The minimum absolute atomic E-state index is 0.226. The minimum Gasteiger partial charge on any atom is -0.369 e. The van der Waals surface area contributed by atoms with E-state index in [9.17, 15) is 12.8 Å². The Morgan fingerprint density at radius 3 is 2.61 bits per heavy atom. The summed E-state index contributed by atoms with van der Waals surface area (Å²) in [6, 6.07) is 10.5. The molecule has 190 valence electrons. The van der Waals surface area contributed by atoms with Gasteiger partial charge in [-0.3, -0.25) is 4.68 Å². The molecular formula is C26H31FN6O2S. The topological polar surface area (TPSA) is 76.3 Å². The van der Waals surface area contributed by atoms with Gasteiger partial charge in [-0.25, -0.2) is 17.5 Å². The molecule has 1 unspecified atom stereocenters. The maximum absolute atomic E-state index is 13.4. The van der Waals surface area contributed by atoms with Crippen molar-refractivity contribution in [2.75, 3.05) is 25.0 Å². The first-order chi connectivity index (χ1) is 17.1. The van der Waals surface area contributed by atoms with Crippen molar-refractivity contribution in [2.45, 2.75) is 50.6 Å². The van der Waals surface area contributed by atoms with Gasteiger partial charge in [0.05, 0.1) is 29.1 Å². The molecular weight excluding hydrogens is 479 g/mol. The number of sulfonamides is 1. The molecule has 1 aliphatic heterocycles. The van der Waals surface area contributed by atoms with Gasteiger partial charge in [-0.1, -0.05) is 6.92 Å². The van der Waals surface area contributed by atoms with Crippen molar-refractivity contribution in [1.29, 1.82) is 0 Å². The Balaban J connectivity index is 1.40. The van der Waals surface area contributed by atoms with E-state index in [-0.39, 0.29) is 10.7 Å². The predicted molar refractivity (Wildman–Crippen MR) is 138 cm³/mol. The summed E-state index contributed by atoms with van der Waals surface area (Å²) in [5.74, 6) is -0.285. The van der Waals surface area contributed by atoms with Gasteiger partial charge in [0.1, 0.15) is 10.7 Å². The lowest BCUT2D eigenvalue weighted by Crippen LogP contribution is -2.49. The van der Waals surface area contributed by atoms with Crippen LogP contribution in [0.5, 0.6) is 0 Å². The number of likely N-dealkylation sites (N-methyl/N-ethyl adjacent to an activating group) is 1. The van der Waals surface area contributed by atoms with E-state index in [1.165, 1.54) is 22.6 Å². The van der Waals surface area contributed by atoms with Gasteiger partial charge in [0.2, 0.25) is 10.0 Å². The Kier molecular flexibility index (Phi) is 6.12. The zero-order chi connectivity index (χ0) is 25.7. The number of rotatable bonds is 7. The molecule has 3 heterocycles. The molecule has 5 rings (SSSR count). The highest BCUT2D eigenvalue weighted by atomic mass is 32.2. The highest BCUT2D eigenvalue weighted by Gasteiger charge is 2.43. The van der Waals surface area contributed by atoms with E-state index in [0.29, 0.717) is 19.5 Å². The van der Waals surface area contributed by atoms with E-state index in [1.807, 2.05) is 13.8 Å². The maximum atomic E-state index is 13.4. The summed E-state index contributed by atoms with van der Waals surface area (Å²) in [4.78, 5) is 2.47. The van der Waals surface area contributed by atoms with Crippen LogP contribution < -0.4 is 4.90 Å². The van der Waals surface area contributed by atoms with Gasteiger partial charge in [0, 0.05) is 44.0 Å². The van der Waals surface area contributed by atoms with Crippen LogP contribution in [0.3, 0.4) is 0 Å². The smallest absolute Gasteiger partial charge is 0.246 e. The molecule has 0 bridgehead atoms. The first-order valence-electron chi connectivity index (χ1n) is 12.1. The molecule has 1 atom stereocenters. The molecule has 2 aromatic heterocycles. The summed E-state index contributed by atoms with van der Waals surface area (Å²) in [6.07, 6.45) is 6.45. The molecule has 0 aliphatic carbocycles. The van der Waals surface area contributed by atoms with Gasteiger partial charge < -0.3 is 4.90 Å². The van der Waals surface area contributed by atoms with Crippen LogP contribution in [0.4, 0.5) is 10.1 Å². The monoisotopic (exact) mass is 510 g/mol. The van der Waals surface area contributed by atoms with E-state index >= 15 is 0 Å². The Bertz CT molecular complexity index is 1510. The zero-order valence-electron chi connectivity index (χ0n) is 21.0. The van der Waals surface area contributed by atoms with E-state index < -0.39 is 15.6 Å². The number of aryl methyl sites for hydroxylation is 2. The van der Waals surface area contributed by atoms with Crippen LogP contribution in [0.15, 0.2) is 59.9 Å². The number of hydrogen-bond donors (Lipinski definition) is 0. The van der Waals surface area contributed by atoms with Crippen molar-refractivity contribution in [3.05, 3.63) is 66.4 Å². The summed E-state index contributed by atoms with van der Waals surface area (Å²) in [5.41, 5.74) is 3.30. The standard InChI is InChI=1S/C26H31FN6O2S/c1-5-11-32-17-23(16-28-32)36(34,35)30(4)26(3)10-12-31(18-26)24-14-20-15-29-33(25(20)13-19(24)2)22-8-6-21(27)7-9-22/h6-9,13-17H,5,10-12,18H2,1-4H3. The normalized spacial score (nSPS) is 18.6. The number of nitrogens with zero attached hydrogens (tertiary/aromatic N) is 6. The predicted octanol–water partition coefficient (Wildman–Crippen LogP) is 4.37. The quantitative estimate of drug-likeness (QED) is 0.369. The second kappa shape index (κ2) is 9.01. The number of fused-ring (bicyclic) bond motifs is 1. The van der Waals surface area contributed by atoms with Crippen LogP contribution in [-0.2, 0) is 16.6 Å². The third-order valence-corrected chi connectivity index (χ3v) is 9.20. The van der Waals surface area contributed by atoms with Crippen LogP contribution in [0.1, 0.15) is 32.3 Å². The summed E-state index contributed by atoms with van der Waals surface area (Å²) in [7, 11) is -2.01. The Hall–Kier alpha value is -3.24. The minimum atomic E-state index is -3.68. The highest BCUT2D eigenvalue weighted by molar-refractivity contribution is 7.89. The fourth-order valence-electron chi connectivity index (χ4n) is 4.98. The fraction of sp³-hybridized carbons (Fsp3) is 0.385. The molecule has 1 fully saturated rings. The van der Waals surface area contributed by atoms with E-state index in [4.69, 9.17) is 0 Å². The molecule has 0 saturated carbocycles. The molecule has 0 spiro atoms. The molecule has 36 heavy (non-hydrogen) atoms. The summed E-state index contributed by atoms with van der Waals surface area (Å²) >= 11 is 0. The third-order valence-electron chi connectivity index (χ3n) is 7.23. The third kappa shape index (κ3) is 4.18. The van der Waals surface area contributed by atoms with E-state index in [2.05, 4.69) is 34.2 Å². The lowest BCUT2D eigenvalue weighted by Gasteiger charge is -2.34. The summed E-state index contributed by atoms with van der Waals surface area (Å²) < 4.78 is 45.2. The van der Waals surface area contributed by atoms with Gasteiger partial charge in [-0.05, 0) is 68.7 Å². The average Bonchev–Trinajstić information content (AvgIpc) is 3.58. The van der Waals surface area contributed by atoms with Crippen molar-refractivity contribution in [3.8, 4) is 5.69 Å². The number of halogens is 1. The number of benzene rings is 2. The van der Waals surface area contributed by atoms with Crippen LogP contribution in [0, 0.1) is 12.7 Å². The van der Waals surface area contributed by atoms with Gasteiger partial charge in [-0.15, -0.1) is 0 Å². The molecule has 10 heteroatoms. The maximum Gasteiger partial charge on any atom is 0.246 e. The van der Waals surface area contributed by atoms with Crippen LogP contribution in [0.25, 0.3) is 16.6 Å². The molecule has 8 nitrogen and oxygen atoms in total. The van der Waals surface area contributed by atoms with Gasteiger partial charge in [0.15, 0.2) is 0 Å². The average molecular weight is 511 g/mol. The van der Waals surface area contributed by atoms with Crippen molar-refractivity contribution >= 4 is 26.6 Å². The van der Waals surface area contributed by atoms with Gasteiger partial charge in [-0.2, -0.15) is 14.5 Å². The first kappa shape index (κ1) is 24.5.